The summed E-state index contributed by atoms with van der Waals surface area (Å²) in [6.07, 6.45) is 1.55. The van der Waals surface area contributed by atoms with Gasteiger partial charge in [-0.3, -0.25) is 0 Å². The topological polar surface area (TPSA) is 26.1 Å². The highest BCUT2D eigenvalue weighted by molar-refractivity contribution is 7.11. The molecule has 0 amide bonds. The van der Waals surface area contributed by atoms with Crippen molar-refractivity contribution in [2.24, 2.45) is 0 Å². The number of benzene rings is 1. The molecule has 0 radical (unpaired) electrons. The van der Waals surface area contributed by atoms with Crippen molar-refractivity contribution >= 4 is 34.8 Å². The minimum Gasteiger partial charge on any atom is -0.618 e. The van der Waals surface area contributed by atoms with Crippen LogP contribution in [0.4, 0.5) is 5.69 Å². The number of rotatable bonds is 2. The quantitative estimate of drug-likeness (QED) is 0.339. The number of hydrogen-bond donors (Lipinski definition) is 0. The first-order chi connectivity index (χ1) is 7.25. The highest BCUT2D eigenvalue weighted by Crippen LogP contribution is 2.16. The maximum Gasteiger partial charge on any atom is 0.216 e. The fourth-order valence-electron chi connectivity index (χ4n) is 1.14. The van der Waals surface area contributed by atoms with Gasteiger partial charge in [0.1, 0.15) is 0 Å². The molecule has 2 rings (SSSR count). The molecule has 0 fully saturated rings. The molecule has 15 heavy (non-hydrogen) atoms. The Morgan fingerprint density at radius 2 is 1.93 bits per heavy atom. The summed E-state index contributed by atoms with van der Waals surface area (Å²) in [5.41, 5.74) is 0.577. The predicted octanol–water partition coefficient (Wildman–Crippen LogP) is 3.66. The van der Waals surface area contributed by atoms with E-state index in [4.69, 9.17) is 11.6 Å². The number of hydrogen-bond acceptors (Lipinski definition) is 2. The third-order valence-electron chi connectivity index (χ3n) is 1.87. The van der Waals surface area contributed by atoms with Gasteiger partial charge in [0, 0.05) is 17.2 Å². The first-order valence-corrected chi connectivity index (χ1v) is 5.62. The van der Waals surface area contributed by atoms with E-state index in [9.17, 15) is 5.21 Å². The standard InChI is InChI=1S/C11H8ClNOS/c12-9-3-5-10(6-4-9)13(14)8-11-2-1-7-15-11/h1-8H/b13-8-. The Morgan fingerprint density at radius 1 is 1.20 bits per heavy atom. The Labute approximate surface area is 96.7 Å². The van der Waals surface area contributed by atoms with E-state index < -0.39 is 0 Å². The van der Waals surface area contributed by atoms with Crippen molar-refractivity contribution in [2.75, 3.05) is 0 Å². The van der Waals surface area contributed by atoms with Gasteiger partial charge in [0.05, 0.1) is 4.88 Å². The van der Waals surface area contributed by atoms with Crippen molar-refractivity contribution in [1.82, 2.24) is 0 Å². The lowest BCUT2D eigenvalue weighted by Gasteiger charge is -2.01. The molecule has 1 aromatic carbocycles. The van der Waals surface area contributed by atoms with Crippen LogP contribution in [0.5, 0.6) is 0 Å². The summed E-state index contributed by atoms with van der Waals surface area (Å²) in [6, 6.07) is 10.6. The van der Waals surface area contributed by atoms with Gasteiger partial charge in [-0.2, -0.15) is 4.74 Å². The van der Waals surface area contributed by atoms with Gasteiger partial charge in [0.25, 0.3) is 0 Å². The molecule has 1 aromatic heterocycles. The van der Waals surface area contributed by atoms with Crippen LogP contribution in [0.25, 0.3) is 0 Å². The zero-order chi connectivity index (χ0) is 10.7. The van der Waals surface area contributed by atoms with E-state index in [1.807, 2.05) is 17.5 Å². The van der Waals surface area contributed by atoms with Crippen LogP contribution in [-0.2, 0) is 0 Å². The Bertz CT molecular complexity index is 462. The van der Waals surface area contributed by atoms with Crippen LogP contribution >= 0.6 is 22.9 Å². The molecule has 0 saturated carbocycles. The molecule has 2 aromatic rings. The van der Waals surface area contributed by atoms with Crippen molar-refractivity contribution in [2.45, 2.75) is 0 Å². The van der Waals surface area contributed by atoms with E-state index in [-0.39, 0.29) is 0 Å². The largest absolute Gasteiger partial charge is 0.618 e. The molecule has 0 N–H and O–H groups in total. The summed E-state index contributed by atoms with van der Waals surface area (Å²) < 4.78 is 0.835. The summed E-state index contributed by atoms with van der Waals surface area (Å²) in [5, 5.41) is 14.2. The molecule has 0 spiro atoms. The molecule has 1 heterocycles. The van der Waals surface area contributed by atoms with Gasteiger partial charge in [0.2, 0.25) is 5.69 Å². The van der Waals surface area contributed by atoms with Crippen molar-refractivity contribution in [3.63, 3.8) is 0 Å². The van der Waals surface area contributed by atoms with Crippen molar-refractivity contribution in [1.29, 1.82) is 0 Å². The molecule has 0 bridgehead atoms. The lowest BCUT2D eigenvalue weighted by Crippen LogP contribution is -1.96. The first kappa shape index (κ1) is 10.2. The van der Waals surface area contributed by atoms with E-state index in [0.717, 1.165) is 9.62 Å². The minimum atomic E-state index is 0.577. The fraction of sp³-hybridized carbons (Fsp3) is 0. The van der Waals surface area contributed by atoms with Crippen molar-refractivity contribution in [3.8, 4) is 0 Å². The summed E-state index contributed by atoms with van der Waals surface area (Å²) in [7, 11) is 0. The number of halogens is 1. The van der Waals surface area contributed by atoms with Crippen LogP contribution in [-0.4, -0.2) is 11.0 Å². The zero-order valence-electron chi connectivity index (χ0n) is 7.76. The van der Waals surface area contributed by atoms with Crippen LogP contribution < -0.4 is 0 Å². The Balaban J connectivity index is 2.28. The third kappa shape index (κ3) is 2.58. The van der Waals surface area contributed by atoms with Gasteiger partial charge in [-0.25, -0.2) is 0 Å². The van der Waals surface area contributed by atoms with Gasteiger partial charge in [0.15, 0.2) is 6.21 Å². The minimum absolute atomic E-state index is 0.577. The smallest absolute Gasteiger partial charge is 0.216 e. The van der Waals surface area contributed by atoms with E-state index in [1.54, 1.807) is 30.5 Å². The summed E-state index contributed by atoms with van der Waals surface area (Å²) in [5.74, 6) is 0. The highest BCUT2D eigenvalue weighted by Gasteiger charge is 2.01. The first-order valence-electron chi connectivity index (χ1n) is 4.36. The normalized spacial score (nSPS) is 11.7. The molecular formula is C11H8ClNOS. The molecule has 0 unspecified atom stereocenters. The summed E-state index contributed by atoms with van der Waals surface area (Å²) >= 11 is 7.26. The molecular weight excluding hydrogens is 230 g/mol. The second-order valence-electron chi connectivity index (χ2n) is 2.95. The van der Waals surface area contributed by atoms with Crippen LogP contribution in [0.2, 0.25) is 5.02 Å². The van der Waals surface area contributed by atoms with Gasteiger partial charge >= 0.3 is 0 Å². The average Bonchev–Trinajstić information content (AvgIpc) is 2.71. The van der Waals surface area contributed by atoms with Crippen molar-refractivity contribution < 1.29 is 4.74 Å². The van der Waals surface area contributed by atoms with Gasteiger partial charge in [-0.15, -0.1) is 11.3 Å². The van der Waals surface area contributed by atoms with Crippen molar-refractivity contribution in [3.05, 3.63) is 56.9 Å². The molecule has 0 atom stereocenters. The highest BCUT2D eigenvalue weighted by atomic mass is 35.5. The Kier molecular flexibility index (Phi) is 3.04. The van der Waals surface area contributed by atoms with Gasteiger partial charge in [-0.1, -0.05) is 17.7 Å². The number of thiophene rings is 1. The maximum atomic E-state index is 11.6. The van der Waals surface area contributed by atoms with E-state index in [1.165, 1.54) is 11.3 Å². The van der Waals surface area contributed by atoms with E-state index >= 15 is 0 Å². The van der Waals surface area contributed by atoms with E-state index in [2.05, 4.69) is 0 Å². The third-order valence-corrected chi connectivity index (χ3v) is 2.93. The van der Waals surface area contributed by atoms with Crippen LogP contribution in [0.15, 0.2) is 41.8 Å². The van der Waals surface area contributed by atoms with E-state index in [0.29, 0.717) is 10.7 Å². The molecule has 0 aliphatic rings. The molecule has 2 nitrogen and oxygen atoms in total. The maximum absolute atomic E-state index is 11.6. The molecule has 0 aliphatic carbocycles. The predicted molar refractivity (Wildman–Crippen MR) is 64.2 cm³/mol. The zero-order valence-corrected chi connectivity index (χ0v) is 9.33. The SMILES string of the molecule is [O-]/[N+](=C\c1cccs1)c1ccc(Cl)cc1. The second-order valence-corrected chi connectivity index (χ2v) is 4.36. The molecule has 76 valence electrons. The Morgan fingerprint density at radius 3 is 2.53 bits per heavy atom. The van der Waals surface area contributed by atoms with Crippen LogP contribution in [0.3, 0.4) is 0 Å². The second kappa shape index (κ2) is 4.47. The summed E-state index contributed by atoms with van der Waals surface area (Å²) in [4.78, 5) is 0.931. The van der Waals surface area contributed by atoms with Crippen LogP contribution in [0.1, 0.15) is 4.88 Å². The average molecular weight is 238 g/mol. The van der Waals surface area contributed by atoms with Gasteiger partial charge in [-0.05, 0) is 23.6 Å². The molecule has 4 heteroatoms. The molecule has 0 saturated heterocycles. The van der Waals surface area contributed by atoms with Crippen LogP contribution in [0, 0.1) is 5.21 Å². The number of nitrogens with zero attached hydrogens (tertiary/aromatic N) is 1. The lowest BCUT2D eigenvalue weighted by atomic mass is 10.3. The molecule has 0 aliphatic heterocycles. The van der Waals surface area contributed by atoms with Gasteiger partial charge < -0.3 is 5.21 Å². The fourth-order valence-corrected chi connectivity index (χ4v) is 1.90. The lowest BCUT2D eigenvalue weighted by molar-refractivity contribution is -0.354. The Hall–Kier alpha value is -1.32. The monoisotopic (exact) mass is 237 g/mol. The summed E-state index contributed by atoms with van der Waals surface area (Å²) in [6.45, 7) is 0.